The van der Waals surface area contributed by atoms with Crippen LogP contribution < -0.4 is 16.4 Å². The van der Waals surface area contributed by atoms with E-state index in [1.807, 2.05) is 4.90 Å². The zero-order valence-corrected chi connectivity index (χ0v) is 19.0. The lowest BCUT2D eigenvalue weighted by Crippen LogP contribution is -2.55. The van der Waals surface area contributed by atoms with Crippen LogP contribution in [-0.2, 0) is 23.9 Å². The molecule has 4 aliphatic rings. The molecule has 5 rings (SSSR count). The third-order valence-electron chi connectivity index (χ3n) is 6.96. The molecule has 178 valence electrons. The highest BCUT2D eigenvalue weighted by Gasteiger charge is 2.73. The van der Waals surface area contributed by atoms with Crippen LogP contribution in [0.4, 0.5) is 16.2 Å². The fourth-order valence-corrected chi connectivity index (χ4v) is 5.52. The number of aliphatic imine (C=N–C) groups is 1. The predicted octanol–water partition coefficient (Wildman–Crippen LogP) is 0.483. The van der Waals surface area contributed by atoms with E-state index in [1.165, 1.54) is 14.0 Å². The van der Waals surface area contributed by atoms with Crippen molar-refractivity contribution in [2.45, 2.75) is 31.7 Å². The van der Waals surface area contributed by atoms with Crippen molar-refractivity contribution in [3.8, 4) is 0 Å². The zero-order chi connectivity index (χ0) is 24.4. The Balaban J connectivity index is 1.58. The molecular formula is C23H25N5O6. The zero-order valence-electron chi connectivity index (χ0n) is 19.0. The van der Waals surface area contributed by atoms with Gasteiger partial charge in [0.1, 0.15) is 6.61 Å². The van der Waals surface area contributed by atoms with Crippen molar-refractivity contribution in [1.29, 1.82) is 0 Å². The Labute approximate surface area is 195 Å². The largest absolute Gasteiger partial charge is 0.449 e. The number of primary amides is 1. The van der Waals surface area contributed by atoms with E-state index in [9.17, 15) is 19.2 Å². The minimum atomic E-state index is -1.03. The van der Waals surface area contributed by atoms with Gasteiger partial charge in [0.05, 0.1) is 35.0 Å². The lowest BCUT2D eigenvalue weighted by molar-refractivity contribution is -0.138. The molecule has 0 bridgehead atoms. The summed E-state index contributed by atoms with van der Waals surface area (Å²) in [4.78, 5) is 56.5. The van der Waals surface area contributed by atoms with Gasteiger partial charge in [-0.3, -0.25) is 14.4 Å². The minimum Gasteiger partial charge on any atom is -0.449 e. The minimum absolute atomic E-state index is 0.0838. The van der Waals surface area contributed by atoms with Crippen molar-refractivity contribution < 1.29 is 28.7 Å². The van der Waals surface area contributed by atoms with Crippen LogP contribution in [0.1, 0.15) is 13.8 Å². The first-order valence-corrected chi connectivity index (χ1v) is 11.0. The Bertz CT molecular complexity index is 1190. The van der Waals surface area contributed by atoms with E-state index in [0.29, 0.717) is 23.6 Å². The number of anilines is 1. The van der Waals surface area contributed by atoms with Gasteiger partial charge in [-0.1, -0.05) is 6.07 Å². The molecular weight excluding hydrogens is 442 g/mol. The molecule has 3 heterocycles. The van der Waals surface area contributed by atoms with Gasteiger partial charge in [-0.2, -0.15) is 0 Å². The SMILES string of the molecule is COC12C(COC(N)=O)C3=C(C(=O)C(C)C(=Nc4cccc(NC(C)=O)c4)C3=O)N1CC1NC12. The van der Waals surface area contributed by atoms with Crippen LogP contribution in [0.3, 0.4) is 0 Å². The first-order chi connectivity index (χ1) is 16.2. The first-order valence-electron chi connectivity index (χ1n) is 11.0. The maximum absolute atomic E-state index is 13.8. The fourth-order valence-electron chi connectivity index (χ4n) is 5.52. The summed E-state index contributed by atoms with van der Waals surface area (Å²) in [6.45, 7) is 3.34. The molecule has 4 N–H and O–H groups in total. The lowest BCUT2D eigenvalue weighted by Gasteiger charge is -2.39. The van der Waals surface area contributed by atoms with Gasteiger partial charge in [0.25, 0.3) is 0 Å². The first kappa shape index (κ1) is 22.2. The number of hydrogen-bond donors (Lipinski definition) is 3. The Morgan fingerprint density at radius 3 is 2.79 bits per heavy atom. The van der Waals surface area contributed by atoms with Crippen LogP contribution in [-0.4, -0.2) is 72.2 Å². The van der Waals surface area contributed by atoms with Gasteiger partial charge in [-0.05, 0) is 25.1 Å². The fraction of sp³-hybridized carbons (Fsp3) is 0.435. The van der Waals surface area contributed by atoms with E-state index in [0.717, 1.165) is 0 Å². The number of Topliss-reactive ketones (excluding diaryl/α,β-unsaturated/α-hetero) is 2. The summed E-state index contributed by atoms with van der Waals surface area (Å²) >= 11 is 0. The van der Waals surface area contributed by atoms with Gasteiger partial charge in [-0.25, -0.2) is 9.79 Å². The number of ether oxygens (including phenoxy) is 2. The number of carbonyl (C=O) groups excluding carboxylic acids is 4. The van der Waals surface area contributed by atoms with Gasteiger partial charge < -0.3 is 30.7 Å². The third kappa shape index (κ3) is 3.15. The Morgan fingerprint density at radius 2 is 2.12 bits per heavy atom. The summed E-state index contributed by atoms with van der Waals surface area (Å²) in [6.07, 6.45) is -0.975. The number of piperazine rings is 1. The molecule has 2 amide bonds. The molecule has 0 aromatic heterocycles. The highest BCUT2D eigenvalue weighted by atomic mass is 16.6. The second kappa shape index (κ2) is 7.74. The number of nitrogens with two attached hydrogens (primary N) is 1. The van der Waals surface area contributed by atoms with Gasteiger partial charge in [0.15, 0.2) is 11.5 Å². The molecule has 11 heteroatoms. The van der Waals surface area contributed by atoms with Crippen molar-refractivity contribution in [1.82, 2.24) is 10.2 Å². The van der Waals surface area contributed by atoms with Crippen LogP contribution in [0, 0.1) is 11.8 Å². The highest BCUT2D eigenvalue weighted by Crippen LogP contribution is 2.55. The number of ketones is 2. The molecule has 0 radical (unpaired) electrons. The molecule has 2 fully saturated rings. The van der Waals surface area contributed by atoms with Crippen molar-refractivity contribution in [2.75, 3.05) is 25.6 Å². The summed E-state index contributed by atoms with van der Waals surface area (Å²) in [6, 6.07) is 6.71. The summed E-state index contributed by atoms with van der Waals surface area (Å²) in [7, 11) is 1.52. The van der Waals surface area contributed by atoms with E-state index in [4.69, 9.17) is 15.2 Å². The number of rotatable bonds is 5. The number of carbonyl (C=O) groups is 4. The number of fused-ring (bicyclic) bond motifs is 4. The van der Waals surface area contributed by atoms with E-state index < -0.39 is 29.4 Å². The maximum Gasteiger partial charge on any atom is 0.404 e. The molecule has 3 aliphatic heterocycles. The van der Waals surface area contributed by atoms with Crippen molar-refractivity contribution in [3.63, 3.8) is 0 Å². The van der Waals surface area contributed by atoms with Crippen molar-refractivity contribution in [3.05, 3.63) is 35.5 Å². The van der Waals surface area contributed by atoms with Crippen LogP contribution in [0.25, 0.3) is 0 Å². The molecule has 34 heavy (non-hydrogen) atoms. The quantitative estimate of drug-likeness (QED) is 0.527. The number of amides is 2. The third-order valence-corrected chi connectivity index (χ3v) is 6.96. The Morgan fingerprint density at radius 1 is 1.35 bits per heavy atom. The molecule has 5 atom stereocenters. The smallest absolute Gasteiger partial charge is 0.404 e. The van der Waals surface area contributed by atoms with Gasteiger partial charge in [0.2, 0.25) is 11.7 Å². The normalized spacial score (nSPS) is 32.4. The average Bonchev–Trinajstić information content (AvgIpc) is 3.39. The maximum atomic E-state index is 13.8. The summed E-state index contributed by atoms with van der Waals surface area (Å²) in [5, 5.41) is 5.99. The van der Waals surface area contributed by atoms with E-state index in [1.54, 1.807) is 31.2 Å². The Hall–Kier alpha value is -3.57. The number of hydrogen-bond acceptors (Lipinski definition) is 9. The van der Waals surface area contributed by atoms with Crippen LogP contribution in [0.15, 0.2) is 40.5 Å². The van der Waals surface area contributed by atoms with Crippen LogP contribution in [0.5, 0.6) is 0 Å². The second-order valence-electron chi connectivity index (χ2n) is 8.91. The number of methoxy groups -OCH3 is 1. The van der Waals surface area contributed by atoms with Gasteiger partial charge in [-0.15, -0.1) is 0 Å². The molecule has 0 saturated carbocycles. The van der Waals surface area contributed by atoms with Crippen LogP contribution >= 0.6 is 0 Å². The molecule has 1 aromatic carbocycles. The van der Waals surface area contributed by atoms with E-state index in [-0.39, 0.29) is 41.7 Å². The molecule has 1 aromatic rings. The summed E-state index contributed by atoms with van der Waals surface area (Å²) in [5.74, 6) is -2.38. The number of nitrogens with zero attached hydrogens (tertiary/aromatic N) is 2. The average molecular weight is 467 g/mol. The number of nitrogens with one attached hydrogen (secondary N) is 2. The number of allylic oxidation sites excluding steroid dienone is 1. The predicted molar refractivity (Wildman–Crippen MR) is 120 cm³/mol. The second-order valence-corrected chi connectivity index (χ2v) is 8.91. The van der Waals surface area contributed by atoms with Crippen LogP contribution in [0.2, 0.25) is 0 Å². The topological polar surface area (TPSA) is 162 Å². The highest BCUT2D eigenvalue weighted by molar-refractivity contribution is 6.53. The lowest BCUT2D eigenvalue weighted by atomic mass is 9.78. The molecule has 2 saturated heterocycles. The van der Waals surface area contributed by atoms with Crippen molar-refractivity contribution in [2.24, 2.45) is 22.6 Å². The number of benzene rings is 1. The molecule has 5 unspecified atom stereocenters. The monoisotopic (exact) mass is 467 g/mol. The molecule has 1 aliphatic carbocycles. The summed E-state index contributed by atoms with van der Waals surface area (Å²) < 4.78 is 11.1. The van der Waals surface area contributed by atoms with Gasteiger partial charge >= 0.3 is 6.09 Å². The van der Waals surface area contributed by atoms with Gasteiger partial charge in [0, 0.05) is 37.9 Å². The molecule has 11 nitrogen and oxygen atoms in total. The Kier molecular flexibility index (Phi) is 5.06. The van der Waals surface area contributed by atoms with E-state index in [2.05, 4.69) is 15.6 Å². The van der Waals surface area contributed by atoms with Crippen molar-refractivity contribution >= 4 is 40.7 Å². The molecule has 0 spiro atoms. The standard InChI is InChI=1S/C23H25N5O6/c1-10-17(26-13-6-4-5-12(7-13)25-11(2)29)20(31)16-14(9-34-22(24)32)23(33-3)21-15(27-21)8-28(23)18(16)19(10)30/h4-7,10,14-15,21,27H,8-9H2,1-3H3,(H2,24,32)(H,25,29). The van der Waals surface area contributed by atoms with E-state index >= 15 is 0 Å². The summed E-state index contributed by atoms with van der Waals surface area (Å²) in [5.41, 5.74) is 5.75.